The predicted octanol–water partition coefficient (Wildman–Crippen LogP) is 2.72. The number of nitrogens with zero attached hydrogens (tertiary/aromatic N) is 3. The molecule has 6 nitrogen and oxygen atoms in total. The van der Waals surface area contributed by atoms with Gasteiger partial charge in [0.15, 0.2) is 0 Å². The number of ether oxygens (including phenoxy) is 2. The molecule has 2 heterocycles. The number of hydrogen-bond acceptors (Lipinski definition) is 6. The Balaban J connectivity index is 0.000000171. The number of aldehydes is 1. The zero-order chi connectivity index (χ0) is 21.0. The molecule has 2 aromatic carbocycles. The highest BCUT2D eigenvalue weighted by Crippen LogP contribution is 2.09. The normalized spacial score (nSPS) is 17.4. The zero-order valence-corrected chi connectivity index (χ0v) is 17.3. The van der Waals surface area contributed by atoms with Crippen LogP contribution in [0.5, 0.6) is 0 Å². The first-order chi connectivity index (χ1) is 14.8. The van der Waals surface area contributed by atoms with Crippen LogP contribution in [0, 0.1) is 11.3 Å². The van der Waals surface area contributed by atoms with Crippen LogP contribution in [0.4, 0.5) is 0 Å². The third kappa shape index (κ3) is 7.36. The number of benzene rings is 2. The van der Waals surface area contributed by atoms with Crippen LogP contribution in [-0.2, 0) is 22.6 Å². The molecular formula is C24H29N3O3. The maximum atomic E-state index is 10.5. The molecule has 2 fully saturated rings. The van der Waals surface area contributed by atoms with Gasteiger partial charge in [-0.25, -0.2) is 0 Å². The largest absolute Gasteiger partial charge is 0.379 e. The lowest BCUT2D eigenvalue weighted by Crippen LogP contribution is -2.35. The molecule has 0 aliphatic carbocycles. The summed E-state index contributed by atoms with van der Waals surface area (Å²) < 4.78 is 10.6. The summed E-state index contributed by atoms with van der Waals surface area (Å²) in [5, 5.41) is 8.67. The summed E-state index contributed by atoms with van der Waals surface area (Å²) >= 11 is 0. The standard InChI is InChI=1S/C12H14N2O.C12H15NO2/c13-9-11-1-3-12(4-2-11)10-14-5-7-15-8-6-14;14-10-12-3-1-11(2-4-12)9-13-5-7-15-8-6-13/h1-4H,5-8,10H2;1-4,10H,5-9H2. The molecule has 0 amide bonds. The van der Waals surface area contributed by atoms with Crippen LogP contribution in [-0.4, -0.2) is 68.7 Å². The third-order valence-corrected chi connectivity index (χ3v) is 5.22. The molecule has 2 aliphatic heterocycles. The third-order valence-electron chi connectivity index (χ3n) is 5.22. The number of morpholine rings is 2. The van der Waals surface area contributed by atoms with Gasteiger partial charge in [-0.15, -0.1) is 0 Å². The first-order valence-electron chi connectivity index (χ1n) is 10.4. The van der Waals surface area contributed by atoms with Crippen molar-refractivity contribution in [1.82, 2.24) is 9.80 Å². The summed E-state index contributed by atoms with van der Waals surface area (Å²) in [5.74, 6) is 0. The Morgan fingerprint density at radius 2 is 1.20 bits per heavy atom. The summed E-state index contributed by atoms with van der Waals surface area (Å²) in [7, 11) is 0. The van der Waals surface area contributed by atoms with Crippen LogP contribution in [0.15, 0.2) is 48.5 Å². The fourth-order valence-corrected chi connectivity index (χ4v) is 3.42. The fraction of sp³-hybridized carbons (Fsp3) is 0.417. The molecule has 0 unspecified atom stereocenters. The summed E-state index contributed by atoms with van der Waals surface area (Å²) in [6.45, 7) is 9.20. The number of hydrogen-bond donors (Lipinski definition) is 0. The number of carbonyl (C=O) groups is 1. The molecule has 0 bridgehead atoms. The molecule has 0 atom stereocenters. The van der Waals surface area contributed by atoms with Gasteiger partial charge in [0.1, 0.15) is 6.29 Å². The number of carbonyl (C=O) groups excluding carboxylic acids is 1. The maximum absolute atomic E-state index is 10.5. The van der Waals surface area contributed by atoms with Crippen LogP contribution in [0.2, 0.25) is 0 Å². The van der Waals surface area contributed by atoms with Gasteiger partial charge in [-0.05, 0) is 23.3 Å². The van der Waals surface area contributed by atoms with Crippen molar-refractivity contribution in [1.29, 1.82) is 5.26 Å². The lowest BCUT2D eigenvalue weighted by molar-refractivity contribution is 0.0341. The SMILES string of the molecule is N#Cc1ccc(CN2CCOCC2)cc1.O=Cc1ccc(CN2CCOCC2)cc1. The Bertz CT molecular complexity index is 803. The van der Waals surface area contributed by atoms with E-state index in [2.05, 4.69) is 15.9 Å². The summed E-state index contributed by atoms with van der Waals surface area (Å²) in [6.07, 6.45) is 0.874. The van der Waals surface area contributed by atoms with Gasteiger partial charge >= 0.3 is 0 Å². The molecular weight excluding hydrogens is 378 g/mol. The highest BCUT2D eigenvalue weighted by atomic mass is 16.5. The van der Waals surface area contributed by atoms with Crippen LogP contribution < -0.4 is 0 Å². The van der Waals surface area contributed by atoms with Crippen molar-refractivity contribution in [2.75, 3.05) is 52.6 Å². The van der Waals surface area contributed by atoms with Gasteiger partial charge in [0.05, 0.1) is 38.1 Å². The van der Waals surface area contributed by atoms with E-state index in [-0.39, 0.29) is 0 Å². The van der Waals surface area contributed by atoms with Crippen LogP contribution >= 0.6 is 0 Å². The number of rotatable bonds is 5. The van der Waals surface area contributed by atoms with Gasteiger partial charge in [0.25, 0.3) is 0 Å². The van der Waals surface area contributed by atoms with E-state index in [1.54, 1.807) is 0 Å². The Morgan fingerprint density at radius 1 is 0.767 bits per heavy atom. The minimum absolute atomic E-state index is 0.723. The summed E-state index contributed by atoms with van der Waals surface area (Å²) in [5.41, 5.74) is 3.97. The molecule has 0 saturated carbocycles. The average Bonchev–Trinajstić information content (AvgIpc) is 2.82. The van der Waals surface area contributed by atoms with E-state index in [0.29, 0.717) is 0 Å². The Morgan fingerprint density at radius 3 is 1.60 bits per heavy atom. The highest BCUT2D eigenvalue weighted by molar-refractivity contribution is 5.74. The van der Waals surface area contributed by atoms with Crippen LogP contribution in [0.25, 0.3) is 0 Å². The van der Waals surface area contributed by atoms with Gasteiger partial charge in [-0.1, -0.05) is 36.4 Å². The molecule has 158 valence electrons. The van der Waals surface area contributed by atoms with E-state index in [0.717, 1.165) is 83.1 Å². The van der Waals surface area contributed by atoms with Gasteiger partial charge < -0.3 is 9.47 Å². The minimum atomic E-state index is 0.723. The lowest BCUT2D eigenvalue weighted by Gasteiger charge is -2.26. The Kier molecular flexibility index (Phi) is 9.01. The first kappa shape index (κ1) is 22.1. The molecule has 0 N–H and O–H groups in total. The van der Waals surface area contributed by atoms with E-state index in [4.69, 9.17) is 14.7 Å². The summed E-state index contributed by atoms with van der Waals surface area (Å²) in [4.78, 5) is 15.2. The van der Waals surface area contributed by atoms with E-state index >= 15 is 0 Å². The molecule has 30 heavy (non-hydrogen) atoms. The second-order valence-electron chi connectivity index (χ2n) is 7.45. The average molecular weight is 408 g/mol. The highest BCUT2D eigenvalue weighted by Gasteiger charge is 2.11. The van der Waals surface area contributed by atoms with Gasteiger partial charge in [0, 0.05) is 44.8 Å². The molecule has 6 heteroatoms. The number of nitriles is 1. The molecule has 0 radical (unpaired) electrons. The van der Waals surface area contributed by atoms with Crippen molar-refractivity contribution in [2.24, 2.45) is 0 Å². The van der Waals surface area contributed by atoms with Gasteiger partial charge in [-0.3, -0.25) is 14.6 Å². The minimum Gasteiger partial charge on any atom is -0.379 e. The van der Waals surface area contributed by atoms with Crippen molar-refractivity contribution >= 4 is 6.29 Å². The van der Waals surface area contributed by atoms with Crippen molar-refractivity contribution in [3.05, 3.63) is 70.8 Å². The van der Waals surface area contributed by atoms with Crippen LogP contribution in [0.1, 0.15) is 27.0 Å². The monoisotopic (exact) mass is 407 g/mol. The maximum Gasteiger partial charge on any atom is 0.150 e. The first-order valence-corrected chi connectivity index (χ1v) is 10.4. The zero-order valence-electron chi connectivity index (χ0n) is 17.3. The summed E-state index contributed by atoms with van der Waals surface area (Å²) in [6, 6.07) is 17.7. The molecule has 2 aliphatic rings. The predicted molar refractivity (Wildman–Crippen MR) is 115 cm³/mol. The fourth-order valence-electron chi connectivity index (χ4n) is 3.42. The van der Waals surface area contributed by atoms with E-state index in [9.17, 15) is 4.79 Å². The lowest BCUT2D eigenvalue weighted by atomic mass is 10.1. The Labute approximate surface area is 178 Å². The Hall–Kier alpha value is -2.56. The van der Waals surface area contributed by atoms with E-state index in [1.807, 2.05) is 48.5 Å². The molecule has 2 aromatic rings. The van der Waals surface area contributed by atoms with E-state index in [1.165, 1.54) is 11.1 Å². The van der Waals surface area contributed by atoms with Crippen molar-refractivity contribution in [3.8, 4) is 6.07 Å². The molecule has 4 rings (SSSR count). The van der Waals surface area contributed by atoms with E-state index < -0.39 is 0 Å². The smallest absolute Gasteiger partial charge is 0.150 e. The van der Waals surface area contributed by atoms with Gasteiger partial charge in [-0.2, -0.15) is 5.26 Å². The van der Waals surface area contributed by atoms with Crippen LogP contribution in [0.3, 0.4) is 0 Å². The topological polar surface area (TPSA) is 65.8 Å². The second-order valence-corrected chi connectivity index (χ2v) is 7.45. The molecule has 0 spiro atoms. The molecule has 2 saturated heterocycles. The van der Waals surface area contributed by atoms with Crippen molar-refractivity contribution in [2.45, 2.75) is 13.1 Å². The molecule has 0 aromatic heterocycles. The van der Waals surface area contributed by atoms with Crippen molar-refractivity contribution in [3.63, 3.8) is 0 Å². The van der Waals surface area contributed by atoms with Crippen molar-refractivity contribution < 1.29 is 14.3 Å². The van der Waals surface area contributed by atoms with Gasteiger partial charge in [0.2, 0.25) is 0 Å². The quantitative estimate of drug-likeness (QED) is 0.710. The second kappa shape index (κ2) is 12.2.